The second kappa shape index (κ2) is 10.7. The van der Waals surface area contributed by atoms with E-state index >= 15 is 0 Å². The highest BCUT2D eigenvalue weighted by molar-refractivity contribution is 5.91. The standard InChI is InChI=1S/C21H30N2O4/c1-2-3-12-18(15-24)22-19(25)21(13-8-5-9-14-21)23-20(26)27-16-17-10-6-4-7-11-17/h4,6-7,10-11,15,18H,2-3,5,8-9,12-14,16H2,1H3,(H,22,25)(H,23,26). The minimum atomic E-state index is -1.00. The van der Waals surface area contributed by atoms with Crippen LogP contribution in [0.5, 0.6) is 0 Å². The number of amides is 2. The molecule has 1 aliphatic rings. The molecule has 1 aliphatic carbocycles. The number of unbranched alkanes of at least 4 members (excludes halogenated alkanes) is 1. The van der Waals surface area contributed by atoms with Gasteiger partial charge in [-0.1, -0.05) is 69.4 Å². The van der Waals surface area contributed by atoms with Crippen LogP contribution in [0.2, 0.25) is 0 Å². The third-order valence-electron chi connectivity index (χ3n) is 5.05. The Balaban J connectivity index is 1.98. The molecular formula is C21H30N2O4. The second-order valence-corrected chi connectivity index (χ2v) is 7.19. The first-order valence-electron chi connectivity index (χ1n) is 9.85. The van der Waals surface area contributed by atoms with Crippen molar-refractivity contribution < 1.29 is 19.1 Å². The van der Waals surface area contributed by atoms with E-state index in [0.717, 1.165) is 44.0 Å². The van der Waals surface area contributed by atoms with Gasteiger partial charge in [0.1, 0.15) is 18.4 Å². The number of rotatable bonds is 9. The molecule has 148 valence electrons. The predicted molar refractivity (Wildman–Crippen MR) is 103 cm³/mol. The molecule has 0 radical (unpaired) electrons. The molecule has 6 heteroatoms. The number of alkyl carbamates (subject to hydrolysis) is 1. The molecule has 0 aromatic heterocycles. The van der Waals surface area contributed by atoms with Crippen molar-refractivity contribution in [1.29, 1.82) is 0 Å². The largest absolute Gasteiger partial charge is 0.445 e. The van der Waals surface area contributed by atoms with E-state index in [1.165, 1.54) is 0 Å². The first kappa shape index (κ1) is 20.9. The van der Waals surface area contributed by atoms with Gasteiger partial charge in [-0.15, -0.1) is 0 Å². The van der Waals surface area contributed by atoms with E-state index < -0.39 is 17.7 Å². The molecule has 2 rings (SSSR count). The van der Waals surface area contributed by atoms with Crippen molar-refractivity contribution in [2.75, 3.05) is 0 Å². The molecule has 1 atom stereocenters. The van der Waals surface area contributed by atoms with Crippen molar-refractivity contribution in [3.63, 3.8) is 0 Å². The zero-order valence-corrected chi connectivity index (χ0v) is 16.0. The van der Waals surface area contributed by atoms with E-state index in [0.29, 0.717) is 19.3 Å². The highest BCUT2D eigenvalue weighted by Crippen LogP contribution is 2.29. The summed E-state index contributed by atoms with van der Waals surface area (Å²) in [4.78, 5) is 36.5. The monoisotopic (exact) mass is 374 g/mol. The lowest BCUT2D eigenvalue weighted by Crippen LogP contribution is -2.61. The fraction of sp³-hybridized carbons (Fsp3) is 0.571. The smallest absolute Gasteiger partial charge is 0.408 e. The van der Waals surface area contributed by atoms with Gasteiger partial charge >= 0.3 is 6.09 Å². The molecule has 1 saturated carbocycles. The topological polar surface area (TPSA) is 84.5 Å². The predicted octanol–water partition coefficient (Wildman–Crippen LogP) is 3.49. The summed E-state index contributed by atoms with van der Waals surface area (Å²) in [7, 11) is 0. The molecule has 6 nitrogen and oxygen atoms in total. The number of carbonyl (C=O) groups excluding carboxylic acids is 3. The number of aldehydes is 1. The number of nitrogens with one attached hydrogen (secondary N) is 2. The van der Waals surface area contributed by atoms with Crippen molar-refractivity contribution in [3.8, 4) is 0 Å². The number of hydrogen-bond acceptors (Lipinski definition) is 4. The van der Waals surface area contributed by atoms with Gasteiger partial charge in [-0.25, -0.2) is 4.79 Å². The SMILES string of the molecule is CCCCC(C=O)NC(=O)C1(NC(=O)OCc2ccccc2)CCCCC1. The summed E-state index contributed by atoms with van der Waals surface area (Å²) in [6.45, 7) is 2.19. The zero-order chi connectivity index (χ0) is 19.5. The normalized spacial score (nSPS) is 16.8. The van der Waals surface area contributed by atoms with Crippen molar-refractivity contribution >= 4 is 18.3 Å². The maximum absolute atomic E-state index is 12.9. The van der Waals surface area contributed by atoms with Crippen LogP contribution in [-0.2, 0) is 20.9 Å². The molecule has 0 aliphatic heterocycles. The molecular weight excluding hydrogens is 344 g/mol. The van der Waals surface area contributed by atoms with Gasteiger partial charge in [-0.2, -0.15) is 0 Å². The number of benzene rings is 1. The molecule has 2 N–H and O–H groups in total. The summed E-state index contributed by atoms with van der Waals surface area (Å²) < 4.78 is 5.30. The lowest BCUT2D eigenvalue weighted by molar-refractivity contribution is -0.131. The molecule has 0 spiro atoms. The maximum Gasteiger partial charge on any atom is 0.408 e. The molecule has 1 aromatic rings. The van der Waals surface area contributed by atoms with Gasteiger partial charge in [0, 0.05) is 0 Å². The molecule has 1 fully saturated rings. The van der Waals surface area contributed by atoms with Gasteiger partial charge in [-0.05, 0) is 24.8 Å². The lowest BCUT2D eigenvalue weighted by atomic mass is 9.80. The third kappa shape index (κ3) is 6.38. The van der Waals surface area contributed by atoms with E-state index in [9.17, 15) is 14.4 Å². The third-order valence-corrected chi connectivity index (χ3v) is 5.05. The van der Waals surface area contributed by atoms with Crippen LogP contribution in [0.3, 0.4) is 0 Å². The second-order valence-electron chi connectivity index (χ2n) is 7.19. The highest BCUT2D eigenvalue weighted by atomic mass is 16.5. The molecule has 0 heterocycles. The van der Waals surface area contributed by atoms with Gasteiger partial charge in [0.25, 0.3) is 0 Å². The summed E-state index contributed by atoms with van der Waals surface area (Å²) in [5, 5.41) is 5.61. The van der Waals surface area contributed by atoms with Crippen molar-refractivity contribution in [2.45, 2.75) is 76.5 Å². The molecule has 1 aromatic carbocycles. The summed E-state index contributed by atoms with van der Waals surface area (Å²) in [6.07, 6.45) is 6.45. The Labute approximate surface area is 161 Å². The Kier molecular flexibility index (Phi) is 8.30. The Morgan fingerprint density at radius 3 is 2.52 bits per heavy atom. The fourth-order valence-corrected chi connectivity index (χ4v) is 3.42. The van der Waals surface area contributed by atoms with Crippen LogP contribution in [0.1, 0.15) is 63.9 Å². The van der Waals surface area contributed by atoms with E-state index in [4.69, 9.17) is 4.74 Å². The molecule has 0 saturated heterocycles. The van der Waals surface area contributed by atoms with Gasteiger partial charge in [-0.3, -0.25) is 4.79 Å². The molecule has 27 heavy (non-hydrogen) atoms. The van der Waals surface area contributed by atoms with Crippen LogP contribution >= 0.6 is 0 Å². The first-order chi connectivity index (χ1) is 13.1. The number of hydrogen-bond donors (Lipinski definition) is 2. The van der Waals surface area contributed by atoms with Gasteiger partial charge in [0.05, 0.1) is 6.04 Å². The summed E-state index contributed by atoms with van der Waals surface area (Å²) in [6, 6.07) is 8.88. The van der Waals surface area contributed by atoms with Crippen molar-refractivity contribution in [2.24, 2.45) is 0 Å². The van der Waals surface area contributed by atoms with Crippen molar-refractivity contribution in [3.05, 3.63) is 35.9 Å². The Bertz CT molecular complexity index is 612. The molecule has 0 bridgehead atoms. The number of carbonyl (C=O) groups is 3. The average molecular weight is 374 g/mol. The van der Waals surface area contributed by atoms with Crippen molar-refractivity contribution in [1.82, 2.24) is 10.6 Å². The zero-order valence-electron chi connectivity index (χ0n) is 16.0. The Morgan fingerprint density at radius 1 is 1.19 bits per heavy atom. The van der Waals surface area contributed by atoms with E-state index in [2.05, 4.69) is 10.6 Å². The summed E-state index contributed by atoms with van der Waals surface area (Å²) >= 11 is 0. The Hall–Kier alpha value is -2.37. The van der Waals surface area contributed by atoms with E-state index in [1.807, 2.05) is 37.3 Å². The van der Waals surface area contributed by atoms with Crippen LogP contribution in [0.25, 0.3) is 0 Å². The van der Waals surface area contributed by atoms with Gasteiger partial charge in [0.2, 0.25) is 5.91 Å². The fourth-order valence-electron chi connectivity index (χ4n) is 3.42. The Morgan fingerprint density at radius 2 is 1.89 bits per heavy atom. The quantitative estimate of drug-likeness (QED) is 0.648. The summed E-state index contributed by atoms with van der Waals surface area (Å²) in [5.41, 5.74) is -0.116. The molecule has 2 amide bonds. The van der Waals surface area contributed by atoms with Crippen LogP contribution in [0, 0.1) is 0 Å². The van der Waals surface area contributed by atoms with Crippen LogP contribution in [-0.4, -0.2) is 29.9 Å². The van der Waals surface area contributed by atoms with Crippen LogP contribution in [0.4, 0.5) is 4.79 Å². The van der Waals surface area contributed by atoms with E-state index in [-0.39, 0.29) is 12.5 Å². The van der Waals surface area contributed by atoms with Gasteiger partial charge in [0.15, 0.2) is 0 Å². The minimum Gasteiger partial charge on any atom is -0.445 e. The summed E-state index contributed by atoms with van der Waals surface area (Å²) in [5.74, 6) is -0.285. The molecule has 1 unspecified atom stereocenters. The lowest BCUT2D eigenvalue weighted by Gasteiger charge is -2.36. The first-order valence-corrected chi connectivity index (χ1v) is 9.85. The maximum atomic E-state index is 12.9. The van der Waals surface area contributed by atoms with Crippen LogP contribution in [0.15, 0.2) is 30.3 Å². The van der Waals surface area contributed by atoms with Crippen LogP contribution < -0.4 is 10.6 Å². The number of ether oxygens (including phenoxy) is 1. The van der Waals surface area contributed by atoms with Gasteiger partial charge < -0.3 is 20.2 Å². The minimum absolute atomic E-state index is 0.151. The highest BCUT2D eigenvalue weighted by Gasteiger charge is 2.42. The van der Waals surface area contributed by atoms with E-state index in [1.54, 1.807) is 0 Å². The average Bonchev–Trinajstić information content (AvgIpc) is 2.70.